The van der Waals surface area contributed by atoms with Crippen LogP contribution in [-0.2, 0) is 4.79 Å². The molecule has 4 nitrogen and oxygen atoms in total. The van der Waals surface area contributed by atoms with Gasteiger partial charge in [0.25, 0.3) is 0 Å². The van der Waals surface area contributed by atoms with Gasteiger partial charge in [0.15, 0.2) is 0 Å². The van der Waals surface area contributed by atoms with Gasteiger partial charge in [0, 0.05) is 23.4 Å². The van der Waals surface area contributed by atoms with Gasteiger partial charge in [0.2, 0.25) is 5.91 Å². The molecule has 0 radical (unpaired) electrons. The molecule has 0 saturated carbocycles. The van der Waals surface area contributed by atoms with Gasteiger partial charge in [-0.25, -0.2) is 0 Å². The van der Waals surface area contributed by atoms with E-state index in [1.165, 1.54) is 6.08 Å². The van der Waals surface area contributed by atoms with Crippen LogP contribution < -0.4 is 14.8 Å². The van der Waals surface area contributed by atoms with Gasteiger partial charge in [-0.1, -0.05) is 32.0 Å². The summed E-state index contributed by atoms with van der Waals surface area (Å²) in [4.78, 5) is 12.4. The molecular weight excluding hydrogens is 314 g/mol. The standard InChI is InChI=1S/C21H25NO3/c1-14(2)18-8-6-7-15(3)21(18)22-20(23)12-10-16-9-11-17(24-4)13-19(16)25-5/h6-14H,1-5H3,(H,22,23). The summed E-state index contributed by atoms with van der Waals surface area (Å²) < 4.78 is 10.5. The lowest BCUT2D eigenvalue weighted by Crippen LogP contribution is -2.11. The molecule has 0 spiro atoms. The number of aryl methyl sites for hydroxylation is 1. The number of anilines is 1. The number of methoxy groups -OCH3 is 2. The molecule has 1 amide bonds. The number of carbonyl (C=O) groups is 1. The molecule has 4 heteroatoms. The first-order chi connectivity index (χ1) is 12.0. The van der Waals surface area contributed by atoms with Crippen molar-refractivity contribution in [3.8, 4) is 11.5 Å². The minimum absolute atomic E-state index is 0.172. The van der Waals surface area contributed by atoms with E-state index in [0.717, 1.165) is 22.4 Å². The molecule has 0 bridgehead atoms. The van der Waals surface area contributed by atoms with Crippen LogP contribution in [-0.4, -0.2) is 20.1 Å². The Hall–Kier alpha value is -2.75. The number of benzene rings is 2. The quantitative estimate of drug-likeness (QED) is 0.770. The SMILES string of the molecule is COc1ccc(C=CC(=O)Nc2c(C)cccc2C(C)C)c(OC)c1. The van der Waals surface area contributed by atoms with Crippen LogP contribution in [0.25, 0.3) is 6.08 Å². The highest BCUT2D eigenvalue weighted by molar-refractivity contribution is 6.03. The molecule has 0 saturated heterocycles. The van der Waals surface area contributed by atoms with Crippen molar-refractivity contribution in [2.45, 2.75) is 26.7 Å². The number of carbonyl (C=O) groups excluding carboxylic acids is 1. The molecule has 0 aliphatic heterocycles. The Labute approximate surface area is 149 Å². The Kier molecular flexibility index (Phi) is 6.23. The van der Waals surface area contributed by atoms with Crippen molar-refractivity contribution in [2.75, 3.05) is 19.5 Å². The largest absolute Gasteiger partial charge is 0.497 e. The van der Waals surface area contributed by atoms with Gasteiger partial charge in [-0.2, -0.15) is 0 Å². The first-order valence-electron chi connectivity index (χ1n) is 8.26. The first-order valence-corrected chi connectivity index (χ1v) is 8.26. The third kappa shape index (κ3) is 4.63. The molecular formula is C21H25NO3. The maximum absolute atomic E-state index is 12.4. The molecule has 2 aromatic rings. The van der Waals surface area contributed by atoms with Crippen LogP contribution in [0.15, 0.2) is 42.5 Å². The Morgan fingerprint density at radius 3 is 2.52 bits per heavy atom. The molecule has 2 aromatic carbocycles. The maximum atomic E-state index is 12.4. The summed E-state index contributed by atoms with van der Waals surface area (Å²) in [6.07, 6.45) is 3.25. The lowest BCUT2D eigenvalue weighted by molar-refractivity contribution is -0.111. The Bertz CT molecular complexity index is 779. The van der Waals surface area contributed by atoms with Gasteiger partial charge in [-0.3, -0.25) is 4.79 Å². The van der Waals surface area contributed by atoms with E-state index in [9.17, 15) is 4.79 Å². The average molecular weight is 339 g/mol. The lowest BCUT2D eigenvalue weighted by atomic mass is 9.98. The summed E-state index contributed by atoms with van der Waals surface area (Å²) in [5.41, 5.74) is 3.87. The van der Waals surface area contributed by atoms with Crippen LogP contribution in [0.1, 0.15) is 36.5 Å². The van der Waals surface area contributed by atoms with E-state index in [1.807, 2.05) is 37.3 Å². The Balaban J connectivity index is 2.20. The maximum Gasteiger partial charge on any atom is 0.248 e. The van der Waals surface area contributed by atoms with Crippen molar-refractivity contribution in [1.29, 1.82) is 0 Å². The van der Waals surface area contributed by atoms with Gasteiger partial charge in [0.1, 0.15) is 11.5 Å². The van der Waals surface area contributed by atoms with Crippen molar-refractivity contribution < 1.29 is 14.3 Å². The van der Waals surface area contributed by atoms with Crippen LogP contribution in [0.4, 0.5) is 5.69 Å². The fraction of sp³-hybridized carbons (Fsp3) is 0.286. The van der Waals surface area contributed by atoms with Gasteiger partial charge < -0.3 is 14.8 Å². The monoisotopic (exact) mass is 339 g/mol. The highest BCUT2D eigenvalue weighted by atomic mass is 16.5. The van der Waals surface area contributed by atoms with E-state index >= 15 is 0 Å². The van der Waals surface area contributed by atoms with Crippen LogP contribution in [0, 0.1) is 6.92 Å². The van der Waals surface area contributed by atoms with Crippen LogP contribution in [0.5, 0.6) is 11.5 Å². The zero-order valence-electron chi connectivity index (χ0n) is 15.4. The number of amides is 1. The van der Waals surface area contributed by atoms with Crippen LogP contribution in [0.3, 0.4) is 0 Å². The molecule has 132 valence electrons. The summed E-state index contributed by atoms with van der Waals surface area (Å²) in [5, 5.41) is 3.00. The van der Waals surface area contributed by atoms with Gasteiger partial charge >= 0.3 is 0 Å². The van der Waals surface area contributed by atoms with E-state index in [2.05, 4.69) is 19.2 Å². The first kappa shape index (κ1) is 18.6. The molecule has 1 N–H and O–H groups in total. The van der Waals surface area contributed by atoms with Crippen LogP contribution >= 0.6 is 0 Å². The summed E-state index contributed by atoms with van der Waals surface area (Å²) in [6.45, 7) is 6.22. The van der Waals surface area contributed by atoms with E-state index in [4.69, 9.17) is 9.47 Å². The molecule has 0 aliphatic carbocycles. The van der Waals surface area contributed by atoms with Crippen LogP contribution in [0.2, 0.25) is 0 Å². The fourth-order valence-corrected chi connectivity index (χ4v) is 2.63. The number of hydrogen-bond acceptors (Lipinski definition) is 3. The van der Waals surface area contributed by atoms with Crippen molar-refractivity contribution in [3.63, 3.8) is 0 Å². The molecule has 0 aliphatic rings. The average Bonchev–Trinajstić information content (AvgIpc) is 2.61. The number of nitrogens with one attached hydrogen (secondary N) is 1. The summed E-state index contributed by atoms with van der Waals surface area (Å²) in [5.74, 6) is 1.53. The topological polar surface area (TPSA) is 47.6 Å². The van der Waals surface area contributed by atoms with E-state index in [0.29, 0.717) is 17.4 Å². The zero-order valence-corrected chi connectivity index (χ0v) is 15.4. The van der Waals surface area contributed by atoms with Crippen molar-refractivity contribution >= 4 is 17.7 Å². The molecule has 0 unspecified atom stereocenters. The lowest BCUT2D eigenvalue weighted by Gasteiger charge is -2.15. The number of hydrogen-bond donors (Lipinski definition) is 1. The second-order valence-corrected chi connectivity index (χ2v) is 6.12. The number of ether oxygens (including phenoxy) is 2. The summed E-state index contributed by atoms with van der Waals surface area (Å²) in [6, 6.07) is 11.5. The molecule has 0 heterocycles. The van der Waals surface area contributed by atoms with Crippen molar-refractivity contribution in [1.82, 2.24) is 0 Å². The number of rotatable bonds is 6. The highest BCUT2D eigenvalue weighted by Gasteiger charge is 2.11. The zero-order chi connectivity index (χ0) is 18.4. The second kappa shape index (κ2) is 8.38. The second-order valence-electron chi connectivity index (χ2n) is 6.12. The Morgan fingerprint density at radius 1 is 1.12 bits per heavy atom. The van der Waals surface area contributed by atoms with E-state index < -0.39 is 0 Å². The summed E-state index contributed by atoms with van der Waals surface area (Å²) in [7, 11) is 3.20. The van der Waals surface area contributed by atoms with Gasteiger partial charge in [0.05, 0.1) is 14.2 Å². The third-order valence-corrected chi connectivity index (χ3v) is 4.03. The van der Waals surface area contributed by atoms with Crippen molar-refractivity contribution in [2.24, 2.45) is 0 Å². The van der Waals surface area contributed by atoms with E-state index in [1.54, 1.807) is 26.4 Å². The third-order valence-electron chi connectivity index (χ3n) is 4.03. The van der Waals surface area contributed by atoms with E-state index in [-0.39, 0.29) is 5.91 Å². The molecule has 0 aromatic heterocycles. The molecule has 25 heavy (non-hydrogen) atoms. The summed E-state index contributed by atoms with van der Waals surface area (Å²) >= 11 is 0. The molecule has 0 atom stereocenters. The smallest absolute Gasteiger partial charge is 0.248 e. The van der Waals surface area contributed by atoms with Crippen molar-refractivity contribution in [3.05, 3.63) is 59.2 Å². The van der Waals surface area contributed by atoms with Gasteiger partial charge in [-0.15, -0.1) is 0 Å². The predicted octanol–water partition coefficient (Wildman–Crippen LogP) is 4.79. The molecule has 2 rings (SSSR count). The van der Waals surface area contributed by atoms with Gasteiger partial charge in [-0.05, 0) is 42.2 Å². The normalized spacial score (nSPS) is 11.0. The fourth-order valence-electron chi connectivity index (χ4n) is 2.63. The minimum Gasteiger partial charge on any atom is -0.497 e. The number of para-hydroxylation sites is 1. The predicted molar refractivity (Wildman–Crippen MR) is 102 cm³/mol. The highest BCUT2D eigenvalue weighted by Crippen LogP contribution is 2.28. The Morgan fingerprint density at radius 2 is 1.88 bits per heavy atom. The minimum atomic E-state index is -0.172. The molecule has 0 fully saturated rings.